The largest absolute Gasteiger partial charge is 0.467 e. The van der Waals surface area contributed by atoms with Gasteiger partial charge in [0.25, 0.3) is 0 Å². The molecule has 2 rings (SSSR count). The second-order valence-corrected chi connectivity index (χ2v) is 4.49. The highest BCUT2D eigenvalue weighted by atomic mass is 16.5. The third kappa shape index (κ3) is 4.20. The maximum absolute atomic E-state index is 11.7. The summed E-state index contributed by atoms with van der Waals surface area (Å²) in [5, 5.41) is 6.59. The first-order valence-corrected chi connectivity index (χ1v) is 6.46. The lowest BCUT2D eigenvalue weighted by atomic mass is 10.4. The molecule has 0 aliphatic rings. The summed E-state index contributed by atoms with van der Waals surface area (Å²) >= 11 is 0. The second-order valence-electron chi connectivity index (χ2n) is 4.49. The summed E-state index contributed by atoms with van der Waals surface area (Å²) in [6, 6.07) is 3.60. The Labute approximate surface area is 116 Å². The van der Waals surface area contributed by atoms with Crippen LogP contribution < -0.4 is 5.32 Å². The van der Waals surface area contributed by atoms with E-state index in [-0.39, 0.29) is 12.5 Å². The lowest BCUT2D eigenvalue weighted by Crippen LogP contribution is -2.34. The van der Waals surface area contributed by atoms with E-state index in [1.165, 1.54) is 0 Å². The maximum Gasteiger partial charge on any atom is 0.240 e. The van der Waals surface area contributed by atoms with Gasteiger partial charge in [-0.3, -0.25) is 9.69 Å². The first-order valence-electron chi connectivity index (χ1n) is 6.46. The summed E-state index contributed by atoms with van der Waals surface area (Å²) in [7, 11) is 1.82. The number of nitrogens with one attached hydrogen (secondary N) is 1. The number of rotatable bonds is 7. The van der Waals surface area contributed by atoms with Gasteiger partial charge < -0.3 is 14.3 Å². The zero-order valence-electron chi connectivity index (χ0n) is 11.6. The second kappa shape index (κ2) is 6.85. The fraction of sp³-hybridized carbons (Fsp3) is 0.462. The van der Waals surface area contributed by atoms with Crippen LogP contribution in [0, 0.1) is 0 Å². The van der Waals surface area contributed by atoms with Crippen LogP contribution in [-0.2, 0) is 24.3 Å². The minimum absolute atomic E-state index is 0.0841. The van der Waals surface area contributed by atoms with Crippen molar-refractivity contribution in [1.82, 2.24) is 20.4 Å². The summed E-state index contributed by atoms with van der Waals surface area (Å²) in [5.41, 5.74) is 0. The molecule has 108 valence electrons. The molecule has 0 unspecified atom stereocenters. The molecular formula is C13H18N4O3. The predicted molar refractivity (Wildman–Crippen MR) is 70.6 cm³/mol. The number of amides is 1. The van der Waals surface area contributed by atoms with Crippen LogP contribution in [0.2, 0.25) is 0 Å². The van der Waals surface area contributed by atoms with Crippen molar-refractivity contribution in [3.8, 4) is 0 Å². The standard InChI is InChI=1S/C13H18N4O3/c1-3-11-15-13(20-16-11)9-17(2)8-12(18)14-7-10-5-4-6-19-10/h4-6H,3,7-9H2,1-2H3,(H,14,18). The molecule has 0 saturated carbocycles. The molecular weight excluding hydrogens is 260 g/mol. The molecule has 20 heavy (non-hydrogen) atoms. The SMILES string of the molecule is CCc1noc(CN(C)CC(=O)NCc2ccco2)n1. The van der Waals surface area contributed by atoms with E-state index >= 15 is 0 Å². The third-order valence-electron chi connectivity index (χ3n) is 2.68. The molecule has 0 saturated heterocycles. The Morgan fingerprint density at radius 3 is 3.00 bits per heavy atom. The molecule has 0 aliphatic carbocycles. The molecule has 2 aromatic rings. The van der Waals surface area contributed by atoms with Gasteiger partial charge in [-0.25, -0.2) is 0 Å². The Morgan fingerprint density at radius 1 is 1.50 bits per heavy atom. The Balaban J connectivity index is 1.73. The first kappa shape index (κ1) is 14.3. The first-order chi connectivity index (χ1) is 9.67. The van der Waals surface area contributed by atoms with E-state index in [0.29, 0.717) is 24.8 Å². The minimum Gasteiger partial charge on any atom is -0.467 e. The average molecular weight is 278 g/mol. The average Bonchev–Trinajstić information content (AvgIpc) is 3.06. The van der Waals surface area contributed by atoms with Gasteiger partial charge >= 0.3 is 0 Å². The van der Waals surface area contributed by atoms with Crippen LogP contribution in [0.3, 0.4) is 0 Å². The third-order valence-corrected chi connectivity index (χ3v) is 2.68. The van der Waals surface area contributed by atoms with E-state index in [2.05, 4.69) is 15.5 Å². The van der Waals surface area contributed by atoms with Crippen molar-refractivity contribution in [1.29, 1.82) is 0 Å². The Bertz CT molecular complexity index is 536. The van der Waals surface area contributed by atoms with Crippen molar-refractivity contribution in [2.75, 3.05) is 13.6 Å². The van der Waals surface area contributed by atoms with Crippen LogP contribution >= 0.6 is 0 Å². The highest BCUT2D eigenvalue weighted by Crippen LogP contribution is 2.02. The smallest absolute Gasteiger partial charge is 0.240 e. The number of aryl methyl sites for hydroxylation is 1. The van der Waals surface area contributed by atoms with Gasteiger partial charge in [-0.2, -0.15) is 4.98 Å². The van der Waals surface area contributed by atoms with Crippen LogP contribution in [-0.4, -0.2) is 34.5 Å². The van der Waals surface area contributed by atoms with Crippen LogP contribution in [0.1, 0.15) is 24.4 Å². The zero-order valence-corrected chi connectivity index (χ0v) is 11.6. The molecule has 0 bridgehead atoms. The highest BCUT2D eigenvalue weighted by molar-refractivity contribution is 5.77. The van der Waals surface area contributed by atoms with Gasteiger partial charge in [-0.15, -0.1) is 0 Å². The van der Waals surface area contributed by atoms with Gasteiger partial charge in [0, 0.05) is 6.42 Å². The minimum atomic E-state index is -0.0841. The number of carbonyl (C=O) groups is 1. The summed E-state index contributed by atoms with van der Waals surface area (Å²) in [5.74, 6) is 1.84. The number of likely N-dealkylation sites (N-methyl/N-ethyl adjacent to an activating group) is 1. The quantitative estimate of drug-likeness (QED) is 0.812. The lowest BCUT2D eigenvalue weighted by Gasteiger charge is -2.13. The predicted octanol–water partition coefficient (Wildman–Crippen LogP) is 0.973. The molecule has 1 amide bonds. The summed E-state index contributed by atoms with van der Waals surface area (Å²) < 4.78 is 10.2. The number of furan rings is 1. The van der Waals surface area contributed by atoms with Crippen molar-refractivity contribution < 1.29 is 13.7 Å². The van der Waals surface area contributed by atoms with Crippen LogP contribution in [0.4, 0.5) is 0 Å². The summed E-state index contributed by atoms with van der Waals surface area (Å²) in [6.45, 7) is 3.05. The van der Waals surface area contributed by atoms with E-state index in [1.54, 1.807) is 12.3 Å². The van der Waals surface area contributed by atoms with E-state index in [1.807, 2.05) is 24.9 Å². The number of nitrogens with zero attached hydrogens (tertiary/aromatic N) is 3. The fourth-order valence-electron chi connectivity index (χ4n) is 1.68. The van der Waals surface area contributed by atoms with Crippen LogP contribution in [0.15, 0.2) is 27.3 Å². The van der Waals surface area contributed by atoms with Gasteiger partial charge in [0.05, 0.1) is 25.9 Å². The molecule has 7 nitrogen and oxygen atoms in total. The van der Waals surface area contributed by atoms with E-state index in [4.69, 9.17) is 8.94 Å². The molecule has 0 spiro atoms. The lowest BCUT2D eigenvalue weighted by molar-refractivity contribution is -0.122. The van der Waals surface area contributed by atoms with Gasteiger partial charge in [-0.1, -0.05) is 12.1 Å². The van der Waals surface area contributed by atoms with Gasteiger partial charge in [0.1, 0.15) is 5.76 Å². The Morgan fingerprint density at radius 2 is 2.35 bits per heavy atom. The maximum atomic E-state index is 11.7. The van der Waals surface area contributed by atoms with Crippen LogP contribution in [0.5, 0.6) is 0 Å². The molecule has 1 N–H and O–H groups in total. The fourth-order valence-corrected chi connectivity index (χ4v) is 1.68. The van der Waals surface area contributed by atoms with Crippen molar-refractivity contribution in [3.63, 3.8) is 0 Å². The van der Waals surface area contributed by atoms with Crippen molar-refractivity contribution in [2.24, 2.45) is 0 Å². The van der Waals surface area contributed by atoms with E-state index < -0.39 is 0 Å². The summed E-state index contributed by atoms with van der Waals surface area (Å²) in [4.78, 5) is 17.7. The van der Waals surface area contributed by atoms with Crippen molar-refractivity contribution in [2.45, 2.75) is 26.4 Å². The molecule has 0 aliphatic heterocycles. The van der Waals surface area contributed by atoms with Gasteiger partial charge in [0.15, 0.2) is 5.82 Å². The number of hydrogen-bond donors (Lipinski definition) is 1. The summed E-state index contributed by atoms with van der Waals surface area (Å²) in [6.07, 6.45) is 2.31. The van der Waals surface area contributed by atoms with Gasteiger partial charge in [-0.05, 0) is 19.2 Å². The molecule has 0 aromatic carbocycles. The molecule has 0 atom stereocenters. The topological polar surface area (TPSA) is 84.4 Å². The molecule has 2 aromatic heterocycles. The molecule has 7 heteroatoms. The number of aromatic nitrogens is 2. The number of carbonyl (C=O) groups excluding carboxylic acids is 1. The zero-order chi connectivity index (χ0) is 14.4. The van der Waals surface area contributed by atoms with Crippen molar-refractivity contribution in [3.05, 3.63) is 35.9 Å². The molecule has 0 fully saturated rings. The van der Waals surface area contributed by atoms with Gasteiger partial charge in [0.2, 0.25) is 11.8 Å². The monoisotopic (exact) mass is 278 g/mol. The van der Waals surface area contributed by atoms with E-state index in [0.717, 1.165) is 12.2 Å². The van der Waals surface area contributed by atoms with Crippen molar-refractivity contribution >= 4 is 5.91 Å². The Hall–Kier alpha value is -2.15. The Kier molecular flexibility index (Phi) is 4.89. The normalized spacial score (nSPS) is 10.9. The van der Waals surface area contributed by atoms with E-state index in [9.17, 15) is 4.79 Å². The molecule has 2 heterocycles. The van der Waals surface area contributed by atoms with Crippen LogP contribution in [0.25, 0.3) is 0 Å². The molecule has 0 radical (unpaired) electrons. The number of hydrogen-bond acceptors (Lipinski definition) is 6. The highest BCUT2D eigenvalue weighted by Gasteiger charge is 2.11.